The SMILES string of the molecule is CCCCCCCCC(=O)N(CCCN(C)C)C1CCCCC/C=C/CCCOC(=O)C(CCCC)C(CCCCC)C(CC)CC(CCCCCC)C(=O)OCCCCCC(C)CCC1. The van der Waals surface area contributed by atoms with Crippen molar-refractivity contribution >= 4 is 17.8 Å². The van der Waals surface area contributed by atoms with Crippen LogP contribution in [0.1, 0.15) is 273 Å². The number of amides is 1. The molecule has 6 atom stereocenters. The molecule has 0 N–H and O–H groups in total. The minimum absolute atomic E-state index is 0.00796. The number of rotatable bonds is 25. The first kappa shape index (κ1) is 62.1. The number of unbranched alkanes of at least 4 members (excludes halogenated alkanes) is 11. The zero-order chi connectivity index (χ0) is 48.5. The Morgan fingerprint density at radius 3 is 1.86 bits per heavy atom. The summed E-state index contributed by atoms with van der Waals surface area (Å²) in [6.07, 6.45) is 43.7. The van der Waals surface area contributed by atoms with Crippen LogP contribution in [0.15, 0.2) is 12.2 Å². The highest BCUT2D eigenvalue weighted by Gasteiger charge is 2.36. The Morgan fingerprint density at radius 1 is 0.576 bits per heavy atom. The predicted octanol–water partition coefficient (Wildman–Crippen LogP) is 16.6. The van der Waals surface area contributed by atoms with Crippen LogP contribution in [0.5, 0.6) is 0 Å². The first-order valence-corrected chi connectivity index (χ1v) is 29.0. The summed E-state index contributed by atoms with van der Waals surface area (Å²) in [4.78, 5) is 46.6. The Hall–Kier alpha value is -1.89. The van der Waals surface area contributed by atoms with E-state index in [2.05, 4.69) is 77.6 Å². The number of hydrogen-bond donors (Lipinski definition) is 0. The first-order valence-electron chi connectivity index (χ1n) is 29.0. The summed E-state index contributed by atoms with van der Waals surface area (Å²) in [5.74, 6) is 1.33. The number of nitrogens with zero attached hydrogens (tertiary/aromatic N) is 2. The second-order valence-electron chi connectivity index (χ2n) is 21.2. The summed E-state index contributed by atoms with van der Waals surface area (Å²) in [5.41, 5.74) is 0. The van der Waals surface area contributed by atoms with E-state index in [-0.39, 0.29) is 29.7 Å². The van der Waals surface area contributed by atoms with Crippen LogP contribution in [-0.4, -0.2) is 74.1 Å². The highest BCUT2D eigenvalue weighted by Crippen LogP contribution is 2.38. The average molecular weight is 930 g/mol. The van der Waals surface area contributed by atoms with Gasteiger partial charge in [0, 0.05) is 19.0 Å². The van der Waals surface area contributed by atoms with Crippen LogP contribution in [0.4, 0.5) is 0 Å². The third-order valence-corrected chi connectivity index (χ3v) is 14.9. The Labute approximate surface area is 410 Å². The van der Waals surface area contributed by atoms with Gasteiger partial charge in [-0.05, 0) is 122 Å². The Bertz CT molecular complexity index is 1170. The molecule has 0 aliphatic carbocycles. The molecule has 7 heteroatoms. The van der Waals surface area contributed by atoms with Gasteiger partial charge in [0.1, 0.15) is 0 Å². The monoisotopic (exact) mass is 929 g/mol. The van der Waals surface area contributed by atoms with Crippen molar-refractivity contribution in [3.8, 4) is 0 Å². The molecule has 1 rings (SSSR count). The van der Waals surface area contributed by atoms with Crippen LogP contribution in [0.3, 0.4) is 0 Å². The van der Waals surface area contributed by atoms with Crippen LogP contribution < -0.4 is 0 Å². The fraction of sp³-hybridized carbons (Fsp3) is 0.915. The number of esters is 2. The molecule has 0 radical (unpaired) electrons. The minimum Gasteiger partial charge on any atom is -0.465 e. The minimum atomic E-state index is -0.111. The summed E-state index contributed by atoms with van der Waals surface area (Å²) in [6, 6.07) is 0.326. The van der Waals surface area contributed by atoms with E-state index in [1.54, 1.807) is 0 Å². The summed E-state index contributed by atoms with van der Waals surface area (Å²) < 4.78 is 12.3. The maximum absolute atomic E-state index is 14.1. The quantitative estimate of drug-likeness (QED) is 0.0516. The van der Waals surface area contributed by atoms with E-state index in [0.29, 0.717) is 43.4 Å². The predicted molar refractivity (Wildman–Crippen MR) is 283 cm³/mol. The molecule has 0 spiro atoms. The van der Waals surface area contributed by atoms with Gasteiger partial charge in [0.25, 0.3) is 0 Å². The highest BCUT2D eigenvalue weighted by molar-refractivity contribution is 5.76. The lowest BCUT2D eigenvalue weighted by Gasteiger charge is -2.34. The molecule has 1 aliphatic rings. The third kappa shape index (κ3) is 31.3. The topological polar surface area (TPSA) is 76.2 Å². The van der Waals surface area contributed by atoms with E-state index in [9.17, 15) is 14.4 Å². The first-order chi connectivity index (χ1) is 32.1. The molecule has 0 saturated carbocycles. The van der Waals surface area contributed by atoms with Crippen LogP contribution in [0.2, 0.25) is 0 Å². The number of hydrogen-bond acceptors (Lipinski definition) is 6. The van der Waals surface area contributed by atoms with E-state index in [4.69, 9.17) is 9.47 Å². The Balaban J connectivity index is 3.23. The largest absolute Gasteiger partial charge is 0.465 e. The molecule has 0 saturated heterocycles. The summed E-state index contributed by atoms with van der Waals surface area (Å²) in [7, 11) is 4.28. The average Bonchev–Trinajstić information content (AvgIpc) is 3.30. The van der Waals surface area contributed by atoms with Gasteiger partial charge in [0.05, 0.1) is 25.0 Å². The Morgan fingerprint density at radius 2 is 1.15 bits per heavy atom. The van der Waals surface area contributed by atoms with E-state index in [0.717, 1.165) is 148 Å². The van der Waals surface area contributed by atoms with Gasteiger partial charge in [-0.1, -0.05) is 195 Å². The zero-order valence-corrected chi connectivity index (χ0v) is 45.3. The van der Waals surface area contributed by atoms with Gasteiger partial charge in [-0.15, -0.1) is 0 Å². The van der Waals surface area contributed by atoms with Crippen molar-refractivity contribution < 1.29 is 23.9 Å². The van der Waals surface area contributed by atoms with Crippen LogP contribution in [0, 0.1) is 29.6 Å². The second-order valence-corrected chi connectivity index (χ2v) is 21.2. The molecule has 7 nitrogen and oxygen atoms in total. The second kappa shape index (κ2) is 43.2. The third-order valence-electron chi connectivity index (χ3n) is 14.9. The van der Waals surface area contributed by atoms with Crippen molar-refractivity contribution in [2.45, 2.75) is 279 Å². The number of carbonyl (C=O) groups excluding carboxylic acids is 3. The lowest BCUT2D eigenvalue weighted by Crippen LogP contribution is -2.42. The zero-order valence-electron chi connectivity index (χ0n) is 45.3. The fourth-order valence-corrected chi connectivity index (χ4v) is 10.7. The van der Waals surface area contributed by atoms with Crippen molar-refractivity contribution in [3.05, 3.63) is 12.2 Å². The Kier molecular flexibility index (Phi) is 40.6. The molecule has 6 unspecified atom stereocenters. The number of cyclic esters (lactones) is 2. The van der Waals surface area contributed by atoms with Gasteiger partial charge < -0.3 is 19.3 Å². The molecule has 1 heterocycles. The van der Waals surface area contributed by atoms with Gasteiger partial charge in [0.2, 0.25) is 5.91 Å². The van der Waals surface area contributed by atoms with Crippen LogP contribution in [0.25, 0.3) is 0 Å². The fourth-order valence-electron chi connectivity index (χ4n) is 10.7. The van der Waals surface area contributed by atoms with Crippen molar-refractivity contribution in [1.29, 1.82) is 0 Å². The molecule has 0 aromatic rings. The number of allylic oxidation sites excluding steroid dienone is 2. The molecule has 66 heavy (non-hydrogen) atoms. The van der Waals surface area contributed by atoms with Gasteiger partial charge >= 0.3 is 11.9 Å². The van der Waals surface area contributed by atoms with E-state index >= 15 is 0 Å². The molecular weight excluding hydrogens is 817 g/mol. The van der Waals surface area contributed by atoms with Crippen LogP contribution in [-0.2, 0) is 23.9 Å². The van der Waals surface area contributed by atoms with Gasteiger partial charge in [-0.3, -0.25) is 14.4 Å². The lowest BCUT2D eigenvalue weighted by molar-refractivity contribution is -0.153. The smallest absolute Gasteiger partial charge is 0.309 e. The molecule has 0 fully saturated rings. The van der Waals surface area contributed by atoms with Crippen molar-refractivity contribution in [2.24, 2.45) is 29.6 Å². The summed E-state index contributed by atoms with van der Waals surface area (Å²) in [6.45, 7) is 16.5. The van der Waals surface area contributed by atoms with Crippen molar-refractivity contribution in [3.63, 3.8) is 0 Å². The van der Waals surface area contributed by atoms with E-state index < -0.39 is 0 Å². The van der Waals surface area contributed by atoms with E-state index in [1.165, 1.54) is 89.9 Å². The summed E-state index contributed by atoms with van der Waals surface area (Å²) in [5, 5.41) is 0. The van der Waals surface area contributed by atoms with Gasteiger partial charge in [-0.2, -0.15) is 0 Å². The maximum atomic E-state index is 14.1. The van der Waals surface area contributed by atoms with Gasteiger partial charge in [0.15, 0.2) is 0 Å². The van der Waals surface area contributed by atoms with Gasteiger partial charge in [-0.25, -0.2) is 0 Å². The number of carbonyl (C=O) groups is 3. The number of ether oxygens (including phenoxy) is 2. The lowest BCUT2D eigenvalue weighted by atomic mass is 9.71. The summed E-state index contributed by atoms with van der Waals surface area (Å²) >= 11 is 0. The van der Waals surface area contributed by atoms with Crippen molar-refractivity contribution in [1.82, 2.24) is 9.80 Å². The normalized spacial score (nSPS) is 24.1. The molecular formula is C59H112N2O5. The van der Waals surface area contributed by atoms with E-state index in [1.807, 2.05) is 0 Å². The van der Waals surface area contributed by atoms with Crippen LogP contribution >= 0.6 is 0 Å². The molecule has 0 aromatic heterocycles. The molecule has 0 aromatic carbocycles. The molecule has 1 aliphatic heterocycles. The maximum Gasteiger partial charge on any atom is 0.309 e. The molecule has 0 bridgehead atoms. The molecule has 388 valence electrons. The molecule has 1 amide bonds. The van der Waals surface area contributed by atoms with Crippen molar-refractivity contribution in [2.75, 3.05) is 40.4 Å². The standard InChI is InChI=1S/C59H112N2O5/c1-9-14-18-20-26-33-45-57(62)61(47-37-46-60(7)8)54-41-32-25-23-21-22-24-27-34-49-66-59(64)56(43-17-12-4)55(44-29-16-11-3)52(13-5)50-53(40-31-19-15-10-2)58(63)65-48-35-28-30-38-51(6)39-36-42-54/h22,24,51-56H,9-21,23,25-50H2,1-8H3/b24-22+. The highest BCUT2D eigenvalue weighted by atomic mass is 16.5.